The van der Waals surface area contributed by atoms with Gasteiger partial charge in [-0.3, -0.25) is 14.2 Å². The summed E-state index contributed by atoms with van der Waals surface area (Å²) in [4.78, 5) is 39.5. The molecule has 0 unspecified atom stereocenters. The van der Waals surface area contributed by atoms with Crippen molar-refractivity contribution in [3.8, 4) is 0 Å². The predicted octanol–water partition coefficient (Wildman–Crippen LogP) is 1.47. The summed E-state index contributed by atoms with van der Waals surface area (Å²) in [6.45, 7) is 14.2. The first-order valence-electron chi connectivity index (χ1n) is 8.92. The zero-order valence-electron chi connectivity index (χ0n) is 17.3. The van der Waals surface area contributed by atoms with Crippen LogP contribution in [0.15, 0.2) is 17.1 Å². The van der Waals surface area contributed by atoms with E-state index in [2.05, 4.69) is 41.7 Å². The molecule has 0 aromatic carbocycles. The molecule has 0 bridgehead atoms. The lowest BCUT2D eigenvalue weighted by Gasteiger charge is -2.22. The first kappa shape index (κ1) is 22.6. The molecule has 0 aliphatic rings. The number of carbonyl (C=O) groups is 2. The molecule has 1 rings (SSSR count). The minimum atomic E-state index is -0.484. The van der Waals surface area contributed by atoms with Crippen molar-refractivity contribution in [2.24, 2.45) is 0 Å². The molecule has 0 aliphatic heterocycles. The van der Waals surface area contributed by atoms with Crippen LogP contribution in [-0.2, 0) is 15.1 Å². The fourth-order valence-electron chi connectivity index (χ4n) is 2.19. The topological polar surface area (TPSA) is 105 Å². The van der Waals surface area contributed by atoms with Crippen LogP contribution < -0.4 is 21.6 Å². The number of amides is 2. The van der Waals surface area contributed by atoms with E-state index in [0.717, 1.165) is 0 Å². The van der Waals surface area contributed by atoms with Crippen LogP contribution in [0.1, 0.15) is 54.0 Å². The van der Waals surface area contributed by atoms with Gasteiger partial charge in [-0.05, 0) is 47.6 Å². The van der Waals surface area contributed by atoms with Crippen molar-refractivity contribution < 1.29 is 9.59 Å². The second kappa shape index (κ2) is 8.94. The quantitative estimate of drug-likeness (QED) is 0.514. The van der Waals surface area contributed by atoms with Crippen molar-refractivity contribution in [1.29, 1.82) is 0 Å². The highest BCUT2D eigenvalue weighted by atomic mass is 16.2. The van der Waals surface area contributed by atoms with Crippen LogP contribution in [-0.4, -0.2) is 40.0 Å². The fraction of sp³-hybridized carbons (Fsp3) is 0.579. The Morgan fingerprint density at radius 1 is 1.15 bits per heavy atom. The van der Waals surface area contributed by atoms with Crippen LogP contribution in [0.2, 0.25) is 0 Å². The first-order valence-corrected chi connectivity index (χ1v) is 8.92. The largest absolute Gasteiger partial charge is 0.351 e. The maximum atomic E-state index is 12.2. The molecular weight excluding hydrogens is 346 g/mol. The SMILES string of the molecule is CC(=O)Nc1nc(=O)n(C(C)(C)C)cc1/C=C/C(=O)NCCNC(C)(C)C. The molecule has 1 aromatic rings. The minimum absolute atomic E-state index is 0.0137. The third-order valence-electron chi connectivity index (χ3n) is 3.47. The van der Waals surface area contributed by atoms with Gasteiger partial charge in [-0.25, -0.2) is 4.79 Å². The van der Waals surface area contributed by atoms with Gasteiger partial charge in [0.15, 0.2) is 0 Å². The van der Waals surface area contributed by atoms with Crippen LogP contribution in [0, 0.1) is 0 Å². The standard InChI is InChI=1S/C19H31N5O3/c1-13(25)22-16-14(12-24(17(27)23-16)19(5,6)7)8-9-15(26)20-10-11-21-18(2,3)4/h8-9,12,21H,10-11H2,1-7H3,(H,20,26)(H,22,23,25,27)/b9-8+. The van der Waals surface area contributed by atoms with Crippen LogP contribution in [0.4, 0.5) is 5.82 Å². The van der Waals surface area contributed by atoms with Crippen molar-refractivity contribution >= 4 is 23.7 Å². The van der Waals surface area contributed by atoms with Gasteiger partial charge in [-0.1, -0.05) is 0 Å². The van der Waals surface area contributed by atoms with Crippen LogP contribution in [0.25, 0.3) is 6.08 Å². The Kier molecular flexibility index (Phi) is 7.47. The van der Waals surface area contributed by atoms with Gasteiger partial charge in [0, 0.05) is 48.9 Å². The van der Waals surface area contributed by atoms with Gasteiger partial charge in [0.05, 0.1) is 0 Å². The molecular formula is C19H31N5O3. The van der Waals surface area contributed by atoms with E-state index in [-0.39, 0.29) is 23.2 Å². The van der Waals surface area contributed by atoms with Crippen molar-refractivity contribution in [3.05, 3.63) is 28.3 Å². The third-order valence-corrected chi connectivity index (χ3v) is 3.47. The molecule has 0 saturated carbocycles. The van der Waals surface area contributed by atoms with Gasteiger partial charge in [-0.15, -0.1) is 0 Å². The van der Waals surface area contributed by atoms with Crippen LogP contribution in [0.3, 0.4) is 0 Å². The fourth-order valence-corrected chi connectivity index (χ4v) is 2.19. The van der Waals surface area contributed by atoms with Crippen molar-refractivity contribution in [2.45, 2.75) is 59.5 Å². The zero-order chi connectivity index (χ0) is 20.8. The number of carbonyl (C=O) groups excluding carboxylic acids is 2. The highest BCUT2D eigenvalue weighted by molar-refractivity contribution is 5.94. The summed E-state index contributed by atoms with van der Waals surface area (Å²) in [7, 11) is 0. The molecule has 1 heterocycles. The summed E-state index contributed by atoms with van der Waals surface area (Å²) in [6, 6.07) is 0. The maximum absolute atomic E-state index is 12.2. The van der Waals surface area contributed by atoms with Crippen LogP contribution >= 0.6 is 0 Å². The van der Waals surface area contributed by atoms with E-state index in [9.17, 15) is 14.4 Å². The van der Waals surface area contributed by atoms with Crippen molar-refractivity contribution in [2.75, 3.05) is 18.4 Å². The van der Waals surface area contributed by atoms with Gasteiger partial charge in [0.2, 0.25) is 11.8 Å². The molecule has 150 valence electrons. The van der Waals surface area contributed by atoms with E-state index in [0.29, 0.717) is 18.7 Å². The molecule has 0 saturated heterocycles. The number of hydrogen-bond acceptors (Lipinski definition) is 5. The van der Waals surface area contributed by atoms with E-state index >= 15 is 0 Å². The Balaban J connectivity index is 2.95. The number of aromatic nitrogens is 2. The third kappa shape index (κ3) is 8.17. The molecule has 3 N–H and O–H groups in total. The second-order valence-corrected chi connectivity index (χ2v) is 8.35. The summed E-state index contributed by atoms with van der Waals surface area (Å²) < 4.78 is 1.46. The monoisotopic (exact) mass is 377 g/mol. The summed E-state index contributed by atoms with van der Waals surface area (Å²) in [5.74, 6) is -0.484. The molecule has 8 nitrogen and oxygen atoms in total. The summed E-state index contributed by atoms with van der Waals surface area (Å²) >= 11 is 0. The number of nitrogens with one attached hydrogen (secondary N) is 3. The Labute approximate surface area is 160 Å². The zero-order valence-corrected chi connectivity index (χ0v) is 17.3. The molecule has 27 heavy (non-hydrogen) atoms. The number of nitrogens with zero attached hydrogens (tertiary/aromatic N) is 2. The molecule has 0 fully saturated rings. The van der Waals surface area contributed by atoms with Crippen LogP contribution in [0.5, 0.6) is 0 Å². The molecule has 0 atom stereocenters. The van der Waals surface area contributed by atoms with E-state index in [1.54, 1.807) is 6.20 Å². The second-order valence-electron chi connectivity index (χ2n) is 8.35. The average molecular weight is 377 g/mol. The van der Waals surface area contributed by atoms with E-state index in [4.69, 9.17) is 0 Å². The highest BCUT2D eigenvalue weighted by Gasteiger charge is 2.18. The van der Waals surface area contributed by atoms with Gasteiger partial charge < -0.3 is 16.0 Å². The van der Waals surface area contributed by atoms with Gasteiger partial charge in [0.25, 0.3) is 0 Å². The number of rotatable bonds is 6. The molecule has 0 radical (unpaired) electrons. The van der Waals surface area contributed by atoms with E-state index < -0.39 is 11.2 Å². The molecule has 2 amide bonds. The summed E-state index contributed by atoms with van der Waals surface area (Å²) in [6.07, 6.45) is 4.48. The van der Waals surface area contributed by atoms with Crippen molar-refractivity contribution in [3.63, 3.8) is 0 Å². The first-order chi connectivity index (χ1) is 12.3. The van der Waals surface area contributed by atoms with Gasteiger partial charge in [0.1, 0.15) is 5.82 Å². The molecule has 0 aliphatic carbocycles. The smallest absolute Gasteiger partial charge is 0.350 e. The molecule has 8 heteroatoms. The summed E-state index contributed by atoms with van der Waals surface area (Å²) in [5.41, 5.74) is -0.494. The normalized spacial score (nSPS) is 12.3. The Bertz CT molecular complexity index is 767. The van der Waals surface area contributed by atoms with E-state index in [1.807, 2.05) is 20.8 Å². The predicted molar refractivity (Wildman–Crippen MR) is 108 cm³/mol. The minimum Gasteiger partial charge on any atom is -0.351 e. The Morgan fingerprint density at radius 2 is 1.78 bits per heavy atom. The number of hydrogen-bond donors (Lipinski definition) is 3. The Hall–Kier alpha value is -2.48. The Morgan fingerprint density at radius 3 is 2.30 bits per heavy atom. The lowest BCUT2D eigenvalue weighted by molar-refractivity contribution is -0.116. The summed E-state index contributed by atoms with van der Waals surface area (Å²) in [5, 5.41) is 8.58. The van der Waals surface area contributed by atoms with Gasteiger partial charge in [-0.2, -0.15) is 4.98 Å². The lowest BCUT2D eigenvalue weighted by atomic mass is 10.1. The molecule has 0 spiro atoms. The van der Waals surface area contributed by atoms with Gasteiger partial charge >= 0.3 is 5.69 Å². The molecule has 1 aromatic heterocycles. The van der Waals surface area contributed by atoms with Crippen molar-refractivity contribution in [1.82, 2.24) is 20.2 Å². The number of anilines is 1. The highest BCUT2D eigenvalue weighted by Crippen LogP contribution is 2.17. The van der Waals surface area contributed by atoms with E-state index in [1.165, 1.54) is 23.6 Å². The average Bonchev–Trinajstić information content (AvgIpc) is 2.48. The maximum Gasteiger partial charge on any atom is 0.350 e. The lowest BCUT2D eigenvalue weighted by Crippen LogP contribution is -2.41.